The average Bonchev–Trinajstić information content (AvgIpc) is 2.96. The molecule has 0 aliphatic carbocycles. The van der Waals surface area contributed by atoms with E-state index < -0.39 is 20.0 Å². The van der Waals surface area contributed by atoms with Crippen LogP contribution < -0.4 is 0 Å². The Morgan fingerprint density at radius 3 is 2.23 bits per heavy atom. The van der Waals surface area contributed by atoms with E-state index >= 15 is 0 Å². The van der Waals surface area contributed by atoms with Gasteiger partial charge in [-0.25, -0.2) is 0 Å². The second-order valence-corrected chi connectivity index (χ2v) is 15.7. The molecule has 6 heteroatoms. The number of esters is 1. The summed E-state index contributed by atoms with van der Waals surface area (Å²) in [5, 5.41) is 0.0938. The van der Waals surface area contributed by atoms with Crippen LogP contribution in [-0.2, 0) is 25.3 Å². The number of hydrogen-bond acceptors (Lipinski definition) is 5. The quantitative estimate of drug-likeness (QED) is 0.351. The van der Waals surface area contributed by atoms with E-state index in [4.69, 9.17) is 9.16 Å². The van der Waals surface area contributed by atoms with Crippen molar-refractivity contribution in [2.45, 2.75) is 90.3 Å². The molecule has 3 atom stereocenters. The maximum absolute atomic E-state index is 13.0. The number of benzene rings is 1. The van der Waals surface area contributed by atoms with Gasteiger partial charge in [0.2, 0.25) is 0 Å². The van der Waals surface area contributed by atoms with Crippen LogP contribution in [0.25, 0.3) is 0 Å². The highest BCUT2D eigenvalue weighted by Gasteiger charge is 2.47. The lowest BCUT2D eigenvalue weighted by Gasteiger charge is -2.37. The van der Waals surface area contributed by atoms with Crippen molar-refractivity contribution in [3.63, 3.8) is 0 Å². The summed E-state index contributed by atoms with van der Waals surface area (Å²) < 4.78 is 12.1. The highest BCUT2D eigenvalue weighted by Crippen LogP contribution is 2.39. The number of ether oxygens (including phenoxy) is 1. The van der Waals surface area contributed by atoms with E-state index in [-0.39, 0.29) is 23.0 Å². The van der Waals surface area contributed by atoms with Gasteiger partial charge in [0.25, 0.3) is 0 Å². The Bertz CT molecular complexity index is 721. The molecule has 1 aliphatic heterocycles. The first kappa shape index (κ1) is 24.8. The zero-order valence-corrected chi connectivity index (χ0v) is 20.9. The molecule has 1 saturated heterocycles. The molecule has 168 valence electrons. The number of rotatable bonds is 7. The fourth-order valence-electron chi connectivity index (χ4n) is 3.54. The monoisotopic (exact) mass is 433 g/mol. The minimum Gasteiger partial charge on any atom is -0.459 e. The highest BCUT2D eigenvalue weighted by atomic mass is 28.4. The van der Waals surface area contributed by atoms with Gasteiger partial charge in [0, 0.05) is 19.1 Å². The third kappa shape index (κ3) is 6.25. The molecule has 0 bridgehead atoms. The van der Waals surface area contributed by atoms with Gasteiger partial charge in [0.15, 0.2) is 8.32 Å². The number of carbonyl (C=O) groups is 2. The predicted octanol–water partition coefficient (Wildman–Crippen LogP) is 4.81. The van der Waals surface area contributed by atoms with Gasteiger partial charge in [0.1, 0.15) is 17.9 Å². The summed E-state index contributed by atoms with van der Waals surface area (Å²) in [6, 6.07) is 9.14. The normalized spacial score (nSPS) is 23.4. The first-order valence-corrected chi connectivity index (χ1v) is 13.8. The maximum atomic E-state index is 13.0. The molecule has 1 aromatic rings. The molecular formula is C24H39NO4Si. The minimum atomic E-state index is -1.95. The van der Waals surface area contributed by atoms with Crippen LogP contribution in [-0.4, -0.2) is 49.8 Å². The molecule has 0 radical (unpaired) electrons. The number of nitrogens with zero attached hydrogens (tertiary/aromatic N) is 1. The maximum Gasteiger partial charge on any atom is 0.323 e. The number of hydrogen-bond donors (Lipinski definition) is 0. The lowest BCUT2D eigenvalue weighted by molar-refractivity contribution is -0.161. The van der Waals surface area contributed by atoms with E-state index in [1.165, 1.54) is 0 Å². The summed E-state index contributed by atoms with van der Waals surface area (Å²) in [6.07, 6.45) is 1.55. The summed E-state index contributed by atoms with van der Waals surface area (Å²) in [5.74, 6) is -0.294. The van der Waals surface area contributed by atoms with Crippen LogP contribution in [0.2, 0.25) is 18.1 Å². The average molecular weight is 434 g/mol. The van der Waals surface area contributed by atoms with Crippen LogP contribution in [0.5, 0.6) is 0 Å². The Morgan fingerprint density at radius 1 is 1.13 bits per heavy atom. The van der Waals surface area contributed by atoms with Gasteiger partial charge < -0.3 is 14.0 Å². The molecular weight excluding hydrogens is 394 g/mol. The van der Waals surface area contributed by atoms with Crippen LogP contribution in [0.1, 0.15) is 53.5 Å². The Morgan fingerprint density at radius 2 is 1.73 bits per heavy atom. The lowest BCUT2D eigenvalue weighted by Crippen LogP contribution is -2.45. The number of carbonyl (C=O) groups excluding carboxylic acids is 2. The van der Waals surface area contributed by atoms with Crippen LogP contribution in [0.4, 0.5) is 0 Å². The van der Waals surface area contributed by atoms with Gasteiger partial charge in [-0.2, -0.15) is 0 Å². The van der Waals surface area contributed by atoms with Gasteiger partial charge >= 0.3 is 5.97 Å². The summed E-state index contributed by atoms with van der Waals surface area (Å²) in [7, 11) is -1.95. The molecule has 1 aliphatic rings. The molecule has 30 heavy (non-hydrogen) atoms. The van der Waals surface area contributed by atoms with Crippen molar-refractivity contribution in [2.24, 2.45) is 5.92 Å². The molecule has 0 saturated carbocycles. The van der Waals surface area contributed by atoms with Crippen molar-refractivity contribution in [3.8, 4) is 0 Å². The van der Waals surface area contributed by atoms with Crippen LogP contribution in [0, 0.1) is 5.92 Å². The lowest BCUT2D eigenvalue weighted by atomic mass is 10.0. The van der Waals surface area contributed by atoms with Crippen molar-refractivity contribution in [1.82, 2.24) is 4.90 Å². The Balaban J connectivity index is 2.25. The summed E-state index contributed by atoms with van der Waals surface area (Å²) in [6.45, 7) is 17.7. The van der Waals surface area contributed by atoms with E-state index in [9.17, 15) is 9.59 Å². The van der Waals surface area contributed by atoms with E-state index in [1.807, 2.05) is 56.0 Å². The molecule has 0 unspecified atom stereocenters. The number of likely N-dealkylation sites (tertiary alicyclic amines) is 1. The molecule has 0 spiro atoms. The summed E-state index contributed by atoms with van der Waals surface area (Å²) in [4.78, 5) is 27.2. The van der Waals surface area contributed by atoms with Crippen molar-refractivity contribution in [1.29, 1.82) is 0 Å². The van der Waals surface area contributed by atoms with Gasteiger partial charge in [-0.1, -0.05) is 51.1 Å². The standard InChI is InChI=1S/C24H39NO4Si/c1-23(2,3)29-22(27)20-14-19(17-28-30(7,8)24(4,5)6)21(16-26)25(20)15-18-12-10-9-11-13-18/h9-13,16,19-21H,14-15,17H2,1-8H3/t19-,20+,21-/m0/s1. The summed E-state index contributed by atoms with van der Waals surface area (Å²) >= 11 is 0. The van der Waals surface area contributed by atoms with Gasteiger partial charge in [-0.3, -0.25) is 9.69 Å². The number of aldehydes is 1. The fraction of sp³-hybridized carbons (Fsp3) is 0.667. The predicted molar refractivity (Wildman–Crippen MR) is 123 cm³/mol. The molecule has 0 aromatic heterocycles. The molecule has 0 amide bonds. The van der Waals surface area contributed by atoms with Crippen LogP contribution in [0.3, 0.4) is 0 Å². The summed E-state index contributed by atoms with van der Waals surface area (Å²) in [5.41, 5.74) is 0.505. The van der Waals surface area contributed by atoms with Crippen molar-refractivity contribution in [2.75, 3.05) is 6.61 Å². The van der Waals surface area contributed by atoms with Gasteiger partial charge in [0.05, 0.1) is 6.04 Å². The Labute approximate surface area is 183 Å². The second-order valence-electron chi connectivity index (χ2n) is 10.9. The second kappa shape index (κ2) is 9.33. The zero-order valence-electron chi connectivity index (χ0n) is 19.9. The molecule has 5 nitrogen and oxygen atoms in total. The van der Waals surface area contributed by atoms with E-state index in [0.717, 1.165) is 11.8 Å². The first-order valence-electron chi connectivity index (χ1n) is 10.9. The van der Waals surface area contributed by atoms with Crippen LogP contribution in [0.15, 0.2) is 30.3 Å². The van der Waals surface area contributed by atoms with Crippen molar-refractivity contribution >= 4 is 20.6 Å². The largest absolute Gasteiger partial charge is 0.459 e. The van der Waals surface area contributed by atoms with Gasteiger partial charge in [-0.15, -0.1) is 0 Å². The fourth-order valence-corrected chi connectivity index (χ4v) is 4.60. The van der Waals surface area contributed by atoms with E-state index in [2.05, 4.69) is 33.9 Å². The SMILES string of the molecule is CC(C)(C)OC(=O)[C@H]1C[C@@H](CO[Si](C)(C)C(C)(C)C)[C@H](C=O)N1Cc1ccccc1. The molecule has 1 aromatic carbocycles. The van der Waals surface area contributed by atoms with E-state index in [1.54, 1.807) is 0 Å². The third-order valence-electron chi connectivity index (χ3n) is 6.28. The molecule has 2 rings (SSSR count). The smallest absolute Gasteiger partial charge is 0.323 e. The Hall–Kier alpha value is -1.50. The van der Waals surface area contributed by atoms with Crippen molar-refractivity contribution < 1.29 is 18.8 Å². The van der Waals surface area contributed by atoms with Crippen molar-refractivity contribution in [3.05, 3.63) is 35.9 Å². The van der Waals surface area contributed by atoms with E-state index in [0.29, 0.717) is 19.6 Å². The molecule has 0 N–H and O–H groups in total. The Kier molecular flexibility index (Phi) is 7.70. The minimum absolute atomic E-state index is 0.0298. The van der Waals surface area contributed by atoms with Crippen LogP contribution >= 0.6 is 0 Å². The zero-order chi connectivity index (χ0) is 22.7. The van der Waals surface area contributed by atoms with Gasteiger partial charge in [-0.05, 0) is 50.9 Å². The molecule has 1 heterocycles. The highest BCUT2D eigenvalue weighted by molar-refractivity contribution is 6.74. The first-order chi connectivity index (χ1) is 13.7. The topological polar surface area (TPSA) is 55.8 Å². The third-order valence-corrected chi connectivity index (χ3v) is 10.8. The molecule has 1 fully saturated rings.